The van der Waals surface area contributed by atoms with Crippen LogP contribution in [-0.4, -0.2) is 44.3 Å². The predicted molar refractivity (Wildman–Crippen MR) is 157 cm³/mol. The fourth-order valence-corrected chi connectivity index (χ4v) is 5.86. The molecule has 0 aliphatic rings. The average Bonchev–Trinajstić information content (AvgIpc) is 2.89. The highest BCUT2D eigenvalue weighted by Crippen LogP contribution is 2.27. The molecule has 1 N–H and O–H groups in total. The molecule has 39 heavy (non-hydrogen) atoms. The van der Waals surface area contributed by atoms with Crippen molar-refractivity contribution >= 4 is 62.3 Å². The Hall–Kier alpha value is -2.78. The fourth-order valence-electron chi connectivity index (χ4n) is 3.86. The highest BCUT2D eigenvalue weighted by Gasteiger charge is 2.32. The molecule has 3 aromatic rings. The van der Waals surface area contributed by atoms with E-state index < -0.39 is 28.5 Å². The minimum atomic E-state index is -4.18. The van der Waals surface area contributed by atoms with Crippen LogP contribution in [0, 0.1) is 6.92 Å². The number of nitrogens with one attached hydrogen (secondary N) is 1. The second-order valence-corrected chi connectivity index (χ2v) is 12.2. The molecule has 2 amide bonds. The largest absolute Gasteiger partial charge is 0.354 e. The molecule has 0 aliphatic carbocycles. The lowest BCUT2D eigenvalue weighted by atomic mass is 10.1. The highest BCUT2D eigenvalue weighted by atomic mass is 35.5. The standard InChI is InChI=1S/C28H30Cl3N3O4S/c1-4-14-32-28(36)20(3)33(17-21-8-9-23(30)16-26(21)31)27(35)18-34(24-7-5-6-19(2)15-24)39(37,38)25-12-10-22(29)11-13-25/h5-13,15-16,20H,4,14,17-18H2,1-3H3,(H,32,36). The van der Waals surface area contributed by atoms with Crippen molar-refractivity contribution < 1.29 is 18.0 Å². The number of carbonyl (C=O) groups excluding carboxylic acids is 2. The quantitative estimate of drug-likeness (QED) is 0.285. The zero-order chi connectivity index (χ0) is 28.7. The first kappa shape index (κ1) is 30.8. The third-order valence-corrected chi connectivity index (χ3v) is 8.67. The van der Waals surface area contributed by atoms with E-state index >= 15 is 0 Å². The minimum Gasteiger partial charge on any atom is -0.354 e. The van der Waals surface area contributed by atoms with E-state index in [0.717, 1.165) is 16.3 Å². The van der Waals surface area contributed by atoms with Gasteiger partial charge in [-0.05, 0) is 79.9 Å². The summed E-state index contributed by atoms with van der Waals surface area (Å²) >= 11 is 18.4. The average molecular weight is 611 g/mol. The third-order valence-electron chi connectivity index (χ3n) is 6.04. The number of hydrogen-bond acceptors (Lipinski definition) is 4. The number of hydrogen-bond donors (Lipinski definition) is 1. The Kier molecular flexibility index (Phi) is 10.7. The molecule has 11 heteroatoms. The summed E-state index contributed by atoms with van der Waals surface area (Å²) in [4.78, 5) is 28.1. The van der Waals surface area contributed by atoms with Gasteiger partial charge in [-0.3, -0.25) is 13.9 Å². The highest BCUT2D eigenvalue weighted by molar-refractivity contribution is 7.92. The van der Waals surface area contributed by atoms with Gasteiger partial charge in [0.05, 0.1) is 10.6 Å². The van der Waals surface area contributed by atoms with Crippen molar-refractivity contribution in [3.8, 4) is 0 Å². The number of sulfonamides is 1. The summed E-state index contributed by atoms with van der Waals surface area (Å²) in [6, 6.07) is 16.5. The van der Waals surface area contributed by atoms with E-state index in [1.165, 1.54) is 29.2 Å². The van der Waals surface area contributed by atoms with E-state index in [1.54, 1.807) is 43.3 Å². The van der Waals surface area contributed by atoms with Gasteiger partial charge >= 0.3 is 0 Å². The van der Waals surface area contributed by atoms with E-state index in [1.807, 2.05) is 19.9 Å². The topological polar surface area (TPSA) is 86.8 Å². The molecule has 0 heterocycles. The molecule has 0 fully saturated rings. The van der Waals surface area contributed by atoms with E-state index in [0.29, 0.717) is 32.9 Å². The first-order chi connectivity index (χ1) is 18.4. The number of rotatable bonds is 11. The zero-order valence-corrected chi connectivity index (χ0v) is 24.9. The molecule has 1 unspecified atom stereocenters. The van der Waals surface area contributed by atoms with Crippen LogP contribution in [0.4, 0.5) is 5.69 Å². The Morgan fingerprint density at radius 3 is 2.23 bits per heavy atom. The Balaban J connectivity index is 2.04. The van der Waals surface area contributed by atoms with Crippen molar-refractivity contribution in [2.75, 3.05) is 17.4 Å². The van der Waals surface area contributed by atoms with Gasteiger partial charge in [0.2, 0.25) is 11.8 Å². The number of carbonyl (C=O) groups is 2. The van der Waals surface area contributed by atoms with E-state index in [2.05, 4.69) is 5.32 Å². The van der Waals surface area contributed by atoms with Crippen molar-refractivity contribution in [2.24, 2.45) is 0 Å². The number of halogens is 3. The van der Waals surface area contributed by atoms with Crippen molar-refractivity contribution in [1.29, 1.82) is 0 Å². The molecule has 1 atom stereocenters. The molecule has 3 rings (SSSR count). The van der Waals surface area contributed by atoms with Crippen LogP contribution in [0.2, 0.25) is 15.1 Å². The summed E-state index contributed by atoms with van der Waals surface area (Å²) in [5, 5.41) is 3.93. The lowest BCUT2D eigenvalue weighted by molar-refractivity contribution is -0.139. The molecular formula is C28H30Cl3N3O4S. The summed E-state index contributed by atoms with van der Waals surface area (Å²) in [6.07, 6.45) is 0.718. The summed E-state index contributed by atoms with van der Waals surface area (Å²) in [6.45, 7) is 5.20. The van der Waals surface area contributed by atoms with Crippen molar-refractivity contribution in [3.05, 3.63) is 92.9 Å². The molecule has 208 valence electrons. The minimum absolute atomic E-state index is 0.0257. The first-order valence-corrected chi connectivity index (χ1v) is 14.9. The Morgan fingerprint density at radius 1 is 0.949 bits per heavy atom. The van der Waals surface area contributed by atoms with Gasteiger partial charge in [-0.15, -0.1) is 0 Å². The summed E-state index contributed by atoms with van der Waals surface area (Å²) in [7, 11) is -4.18. The lowest BCUT2D eigenvalue weighted by Gasteiger charge is -2.32. The van der Waals surface area contributed by atoms with Crippen LogP contribution in [-0.2, 0) is 26.2 Å². The van der Waals surface area contributed by atoms with Gasteiger partial charge in [-0.25, -0.2) is 8.42 Å². The Bertz CT molecular complexity index is 1430. The van der Waals surface area contributed by atoms with Crippen LogP contribution in [0.5, 0.6) is 0 Å². The van der Waals surface area contributed by atoms with Gasteiger partial charge in [0, 0.05) is 28.2 Å². The SMILES string of the molecule is CCCNC(=O)C(C)N(Cc1ccc(Cl)cc1Cl)C(=O)CN(c1cccc(C)c1)S(=O)(=O)c1ccc(Cl)cc1. The van der Waals surface area contributed by atoms with E-state index in [4.69, 9.17) is 34.8 Å². The number of anilines is 1. The number of nitrogens with zero attached hydrogens (tertiary/aromatic N) is 2. The molecule has 7 nitrogen and oxygen atoms in total. The Morgan fingerprint density at radius 2 is 1.62 bits per heavy atom. The van der Waals surface area contributed by atoms with Crippen LogP contribution < -0.4 is 9.62 Å². The summed E-state index contributed by atoms with van der Waals surface area (Å²) < 4.78 is 28.7. The molecule has 0 aromatic heterocycles. The molecular weight excluding hydrogens is 581 g/mol. The van der Waals surface area contributed by atoms with Gasteiger partial charge < -0.3 is 10.2 Å². The van der Waals surface area contributed by atoms with Crippen molar-refractivity contribution in [1.82, 2.24) is 10.2 Å². The maximum Gasteiger partial charge on any atom is 0.264 e. The molecule has 0 radical (unpaired) electrons. The second-order valence-electron chi connectivity index (χ2n) is 9.03. The fraction of sp³-hybridized carbons (Fsp3) is 0.286. The third kappa shape index (κ3) is 7.88. The number of amides is 2. The monoisotopic (exact) mass is 609 g/mol. The van der Waals surface area contributed by atoms with E-state index in [-0.39, 0.29) is 17.3 Å². The zero-order valence-electron chi connectivity index (χ0n) is 21.8. The normalized spacial score (nSPS) is 12.1. The van der Waals surface area contributed by atoms with Crippen molar-refractivity contribution in [3.63, 3.8) is 0 Å². The molecule has 0 saturated carbocycles. The van der Waals surface area contributed by atoms with Gasteiger partial charge in [0.1, 0.15) is 12.6 Å². The Labute approximate surface area is 244 Å². The van der Waals surface area contributed by atoms with Crippen LogP contribution >= 0.6 is 34.8 Å². The summed E-state index contributed by atoms with van der Waals surface area (Å²) in [5.41, 5.74) is 1.69. The molecule has 0 aliphatic heterocycles. The molecule has 3 aromatic carbocycles. The number of aryl methyl sites for hydroxylation is 1. The molecule has 0 spiro atoms. The van der Waals surface area contributed by atoms with Gasteiger partial charge in [-0.1, -0.05) is 59.9 Å². The van der Waals surface area contributed by atoms with Crippen LogP contribution in [0.1, 0.15) is 31.4 Å². The maximum atomic E-state index is 13.9. The van der Waals surface area contributed by atoms with Gasteiger partial charge in [-0.2, -0.15) is 0 Å². The first-order valence-electron chi connectivity index (χ1n) is 12.3. The smallest absolute Gasteiger partial charge is 0.264 e. The molecule has 0 bridgehead atoms. The van der Waals surface area contributed by atoms with Crippen molar-refractivity contribution in [2.45, 2.75) is 44.7 Å². The summed E-state index contributed by atoms with van der Waals surface area (Å²) in [5.74, 6) is -0.947. The number of benzene rings is 3. The second kappa shape index (κ2) is 13.5. The molecule has 0 saturated heterocycles. The predicted octanol–water partition coefficient (Wildman–Crippen LogP) is 6.09. The van der Waals surface area contributed by atoms with Crippen LogP contribution in [0.15, 0.2) is 71.6 Å². The lowest BCUT2D eigenvalue weighted by Crippen LogP contribution is -2.51. The van der Waals surface area contributed by atoms with Gasteiger partial charge in [0.15, 0.2) is 0 Å². The maximum absolute atomic E-state index is 13.9. The van der Waals surface area contributed by atoms with Crippen LogP contribution in [0.25, 0.3) is 0 Å². The van der Waals surface area contributed by atoms with Gasteiger partial charge in [0.25, 0.3) is 10.0 Å². The van der Waals surface area contributed by atoms with Crippen LogP contribution in [0.3, 0.4) is 0 Å². The van der Waals surface area contributed by atoms with E-state index in [9.17, 15) is 18.0 Å².